The first-order valence-corrected chi connectivity index (χ1v) is 15.3. The smallest absolute Gasteiger partial charge is 0.0442 e. The Bertz CT molecular complexity index is 1370. The lowest BCUT2D eigenvalue weighted by atomic mass is 9.85. The Morgan fingerprint density at radius 3 is 2.22 bits per heavy atom. The molecule has 3 aromatic carbocycles. The van der Waals surface area contributed by atoms with Crippen molar-refractivity contribution >= 4 is 11.3 Å². The zero-order chi connectivity index (χ0) is 29.8. The molecule has 0 aromatic heterocycles. The van der Waals surface area contributed by atoms with Crippen LogP contribution in [0.1, 0.15) is 75.3 Å². The van der Waals surface area contributed by atoms with Crippen molar-refractivity contribution in [3.63, 3.8) is 0 Å². The van der Waals surface area contributed by atoms with Gasteiger partial charge in [0.1, 0.15) is 0 Å². The highest BCUT2D eigenvalue weighted by Crippen LogP contribution is 2.57. The fraction of sp³-hybridized carbons (Fsp3) is 0.333. The van der Waals surface area contributed by atoms with Crippen molar-refractivity contribution in [3.8, 4) is 0 Å². The molecule has 1 saturated carbocycles. The van der Waals surface area contributed by atoms with Crippen LogP contribution < -0.4 is 5.73 Å². The average molecular weight is 547 g/mol. The normalized spacial score (nSPS) is 19.8. The van der Waals surface area contributed by atoms with E-state index in [9.17, 15) is 0 Å². The van der Waals surface area contributed by atoms with Gasteiger partial charge in [0.05, 0.1) is 0 Å². The van der Waals surface area contributed by atoms with Gasteiger partial charge in [-0.3, -0.25) is 0 Å². The summed E-state index contributed by atoms with van der Waals surface area (Å²) < 4.78 is 0. The highest BCUT2D eigenvalue weighted by molar-refractivity contribution is 5.78. The monoisotopic (exact) mass is 546 g/mol. The molecule has 216 valence electrons. The summed E-state index contributed by atoms with van der Waals surface area (Å²) in [5, 5.41) is 0. The Hall–Kier alpha value is -3.78. The van der Waals surface area contributed by atoms with Gasteiger partial charge in [-0.25, -0.2) is 0 Å². The number of rotatable bonds is 7. The highest BCUT2D eigenvalue weighted by atomic mass is 15.1. The number of benzene rings is 3. The number of hydrogen-bond donors (Lipinski definition) is 1. The van der Waals surface area contributed by atoms with E-state index >= 15 is 0 Å². The number of hydrogen-bond acceptors (Lipinski definition) is 2. The number of aryl methyl sites for hydroxylation is 1. The minimum absolute atomic E-state index is 0.407. The molecular weight excluding hydrogens is 496 g/mol. The molecule has 1 aliphatic carbocycles. The van der Waals surface area contributed by atoms with Crippen LogP contribution >= 0.6 is 0 Å². The number of nitrogens with zero attached hydrogens (tertiary/aromatic N) is 1. The molecule has 2 aliphatic rings. The number of allylic oxidation sites excluding steroid dienone is 5. The predicted octanol–water partition coefficient (Wildman–Crippen LogP) is 9.73. The topological polar surface area (TPSA) is 29.3 Å². The van der Waals surface area contributed by atoms with E-state index in [4.69, 9.17) is 5.73 Å². The van der Waals surface area contributed by atoms with Crippen molar-refractivity contribution < 1.29 is 0 Å². The van der Waals surface area contributed by atoms with E-state index in [-0.39, 0.29) is 0 Å². The minimum atomic E-state index is 0.407. The third kappa shape index (κ3) is 7.70. The van der Waals surface area contributed by atoms with Gasteiger partial charge in [0.25, 0.3) is 0 Å². The summed E-state index contributed by atoms with van der Waals surface area (Å²) >= 11 is 0. The summed E-state index contributed by atoms with van der Waals surface area (Å²) in [5.41, 5.74) is 16.8. The van der Waals surface area contributed by atoms with Crippen LogP contribution in [-0.2, 0) is 11.8 Å². The fourth-order valence-corrected chi connectivity index (χ4v) is 5.94. The quantitative estimate of drug-likeness (QED) is 0.299. The molecule has 0 saturated heterocycles. The van der Waals surface area contributed by atoms with Crippen molar-refractivity contribution in [1.82, 2.24) is 4.90 Å². The fourth-order valence-electron chi connectivity index (χ4n) is 5.94. The molecule has 0 amide bonds. The third-order valence-corrected chi connectivity index (χ3v) is 8.54. The Kier molecular flexibility index (Phi) is 11.8. The second kappa shape index (κ2) is 15.3. The molecule has 2 atom stereocenters. The van der Waals surface area contributed by atoms with Crippen molar-refractivity contribution in [2.75, 3.05) is 13.6 Å². The third-order valence-electron chi connectivity index (χ3n) is 8.54. The summed E-state index contributed by atoms with van der Waals surface area (Å²) in [7, 11) is 2.13. The zero-order valence-electron chi connectivity index (χ0n) is 26.3. The Labute approximate surface area is 250 Å². The van der Waals surface area contributed by atoms with Gasteiger partial charge in [0.2, 0.25) is 0 Å². The van der Waals surface area contributed by atoms with Gasteiger partial charge in [0, 0.05) is 31.1 Å². The van der Waals surface area contributed by atoms with Crippen LogP contribution in [0.4, 0.5) is 0 Å². The first-order valence-electron chi connectivity index (χ1n) is 15.3. The molecular formula is C39H50N2. The molecule has 1 heterocycles. The van der Waals surface area contributed by atoms with Crippen LogP contribution in [-0.4, -0.2) is 18.5 Å². The molecule has 3 aromatic rings. The van der Waals surface area contributed by atoms with E-state index in [0.29, 0.717) is 5.41 Å². The maximum Gasteiger partial charge on any atom is 0.0442 e. The van der Waals surface area contributed by atoms with Gasteiger partial charge in [-0.05, 0) is 83.9 Å². The Morgan fingerprint density at radius 1 is 0.976 bits per heavy atom. The minimum Gasteiger partial charge on any atom is -0.404 e. The summed E-state index contributed by atoms with van der Waals surface area (Å²) in [5.74, 6) is 0.799. The predicted molar refractivity (Wildman–Crippen MR) is 181 cm³/mol. The molecule has 5 rings (SSSR count). The van der Waals surface area contributed by atoms with Crippen LogP contribution in [0.2, 0.25) is 0 Å². The lowest BCUT2D eigenvalue weighted by Crippen LogP contribution is -2.19. The van der Waals surface area contributed by atoms with Crippen LogP contribution in [0.25, 0.3) is 11.3 Å². The summed E-state index contributed by atoms with van der Waals surface area (Å²) in [6.45, 7) is 14.0. The Balaban J connectivity index is 0.000000244. The van der Waals surface area contributed by atoms with Crippen molar-refractivity contribution in [2.24, 2.45) is 11.7 Å². The molecule has 2 unspecified atom stereocenters. The van der Waals surface area contributed by atoms with E-state index in [1.54, 1.807) is 11.8 Å². The van der Waals surface area contributed by atoms with Crippen LogP contribution in [0, 0.1) is 12.8 Å². The highest BCUT2D eigenvalue weighted by Gasteiger charge is 2.51. The second-order valence-electron chi connectivity index (χ2n) is 11.0. The summed E-state index contributed by atoms with van der Waals surface area (Å²) in [4.78, 5) is 2.27. The van der Waals surface area contributed by atoms with Gasteiger partial charge < -0.3 is 10.6 Å². The standard InChI is InChI=1S/C24H29N.C13H15N.C2H6/c1-4-24(16-19(24)3)23-13-9-8-12-21(23)15-14-18(2)22(17-25)20-10-6-5-7-11-20;1-11-7-3-4-8-12(11)13-9-5-6-10-14(13)2;1-2/h5-14,17,19H,4,15-16,25H2,1-3H3;3-9H,10H2,1-2H3;1-2H3/b18-14-,22-17+;;. The van der Waals surface area contributed by atoms with Crippen LogP contribution in [0.3, 0.4) is 0 Å². The molecule has 1 fully saturated rings. The van der Waals surface area contributed by atoms with E-state index in [0.717, 1.165) is 24.5 Å². The van der Waals surface area contributed by atoms with Crippen molar-refractivity contribution in [1.29, 1.82) is 0 Å². The van der Waals surface area contributed by atoms with Crippen molar-refractivity contribution in [3.05, 3.63) is 143 Å². The summed E-state index contributed by atoms with van der Waals surface area (Å²) in [6.07, 6.45) is 14.0. The average Bonchev–Trinajstić information content (AvgIpc) is 3.69. The largest absolute Gasteiger partial charge is 0.404 e. The molecule has 0 bridgehead atoms. The van der Waals surface area contributed by atoms with Gasteiger partial charge >= 0.3 is 0 Å². The molecule has 2 N–H and O–H groups in total. The first-order chi connectivity index (χ1) is 19.9. The first kappa shape index (κ1) is 31.7. The SMILES string of the molecule is CC.CCC1(c2ccccc2C/C=C(C)\C(=C/N)c2ccccc2)CC1C.Cc1ccccc1C1=CC=CCN1C. The molecule has 41 heavy (non-hydrogen) atoms. The number of likely N-dealkylation sites (N-methyl/N-ethyl adjacent to an activating group) is 1. The van der Waals surface area contributed by atoms with Gasteiger partial charge in [-0.2, -0.15) is 0 Å². The van der Waals surface area contributed by atoms with E-state index in [1.807, 2.05) is 19.9 Å². The molecule has 2 nitrogen and oxygen atoms in total. The summed E-state index contributed by atoms with van der Waals surface area (Å²) in [6, 6.07) is 27.9. The molecule has 0 spiro atoms. The maximum atomic E-state index is 5.92. The van der Waals surface area contributed by atoms with Gasteiger partial charge in [-0.1, -0.05) is 125 Å². The van der Waals surface area contributed by atoms with E-state index < -0.39 is 0 Å². The lowest BCUT2D eigenvalue weighted by molar-refractivity contribution is 0.531. The van der Waals surface area contributed by atoms with Crippen molar-refractivity contribution in [2.45, 2.75) is 66.2 Å². The lowest BCUT2D eigenvalue weighted by Gasteiger charge is -2.24. The van der Waals surface area contributed by atoms with Gasteiger partial charge in [0.15, 0.2) is 0 Å². The van der Waals surface area contributed by atoms with Crippen LogP contribution in [0.15, 0.2) is 115 Å². The van der Waals surface area contributed by atoms with Crippen LogP contribution in [0.5, 0.6) is 0 Å². The molecule has 2 heteroatoms. The molecule has 0 radical (unpaired) electrons. The Morgan fingerprint density at radius 2 is 1.61 bits per heavy atom. The van der Waals surface area contributed by atoms with E-state index in [2.05, 4.69) is 137 Å². The maximum absolute atomic E-state index is 5.92. The van der Waals surface area contributed by atoms with Gasteiger partial charge in [-0.15, -0.1) is 0 Å². The zero-order valence-corrected chi connectivity index (χ0v) is 26.3. The van der Waals surface area contributed by atoms with E-state index in [1.165, 1.54) is 46.4 Å². The molecule has 1 aliphatic heterocycles. The second-order valence-corrected chi connectivity index (χ2v) is 11.0. The number of nitrogens with two attached hydrogens (primary N) is 1.